The average Bonchev–Trinajstić information content (AvgIpc) is 2.35. The lowest BCUT2D eigenvalue weighted by molar-refractivity contribution is -0.385. The van der Waals surface area contributed by atoms with E-state index in [-0.39, 0.29) is 35.6 Å². The minimum Gasteiger partial charge on any atom is -0.484 e. The van der Waals surface area contributed by atoms with Crippen molar-refractivity contribution in [2.45, 2.75) is 0 Å². The number of fused-ring (bicyclic) bond motifs is 1. The van der Waals surface area contributed by atoms with E-state index in [2.05, 4.69) is 9.97 Å². The third kappa shape index (κ3) is 2.00. The number of rotatable bonds is 4. The van der Waals surface area contributed by atoms with Gasteiger partial charge < -0.3 is 14.8 Å². The lowest BCUT2D eigenvalue weighted by Gasteiger charge is -2.07. The molecule has 18 heavy (non-hydrogen) atoms. The van der Waals surface area contributed by atoms with E-state index < -0.39 is 10.5 Å². The largest absolute Gasteiger partial charge is 0.484 e. The number of hydrogen-bond donors (Lipinski definition) is 2. The SMILES string of the molecule is O=c1[nH]cnc2ccc([N+](=O)[O-])c(OCCO)c12. The molecule has 0 spiro atoms. The van der Waals surface area contributed by atoms with Crippen LogP contribution < -0.4 is 10.3 Å². The molecule has 2 N–H and O–H groups in total. The summed E-state index contributed by atoms with van der Waals surface area (Å²) in [5, 5.41) is 19.6. The van der Waals surface area contributed by atoms with E-state index in [0.29, 0.717) is 0 Å². The molecule has 0 radical (unpaired) electrons. The maximum atomic E-state index is 11.7. The molecule has 0 saturated heterocycles. The molecule has 0 fully saturated rings. The molecule has 0 atom stereocenters. The molecule has 0 bridgehead atoms. The minimum absolute atomic E-state index is 0.000139. The number of aromatic amines is 1. The molecule has 0 aliphatic carbocycles. The van der Waals surface area contributed by atoms with Crippen molar-refractivity contribution in [1.82, 2.24) is 9.97 Å². The van der Waals surface area contributed by atoms with Crippen LogP contribution in [0.1, 0.15) is 0 Å². The number of aliphatic hydroxyl groups excluding tert-OH is 1. The molecule has 0 saturated carbocycles. The summed E-state index contributed by atoms with van der Waals surface area (Å²) in [6.07, 6.45) is 1.20. The van der Waals surface area contributed by atoms with E-state index in [1.54, 1.807) is 0 Å². The van der Waals surface area contributed by atoms with E-state index in [1.807, 2.05) is 0 Å². The first-order valence-electron chi connectivity index (χ1n) is 5.03. The van der Waals surface area contributed by atoms with Crippen molar-refractivity contribution in [3.63, 3.8) is 0 Å². The van der Waals surface area contributed by atoms with Crippen molar-refractivity contribution < 1.29 is 14.8 Å². The van der Waals surface area contributed by atoms with Gasteiger partial charge in [0.25, 0.3) is 5.56 Å². The smallest absolute Gasteiger partial charge is 0.311 e. The number of nitrogens with one attached hydrogen (secondary N) is 1. The quantitative estimate of drug-likeness (QED) is 0.592. The van der Waals surface area contributed by atoms with Crippen LogP contribution in [0.4, 0.5) is 5.69 Å². The number of nitrogens with zero attached hydrogens (tertiary/aromatic N) is 2. The Morgan fingerprint density at radius 1 is 1.50 bits per heavy atom. The number of H-pyrrole nitrogens is 1. The van der Waals surface area contributed by atoms with Gasteiger partial charge in [0.05, 0.1) is 23.4 Å². The Bertz CT molecular complexity index is 651. The lowest BCUT2D eigenvalue weighted by Crippen LogP contribution is -2.11. The fourth-order valence-corrected chi connectivity index (χ4v) is 1.56. The Kier molecular flexibility index (Phi) is 3.20. The van der Waals surface area contributed by atoms with Gasteiger partial charge in [0.2, 0.25) is 5.75 Å². The van der Waals surface area contributed by atoms with Crippen molar-refractivity contribution in [3.05, 3.63) is 38.9 Å². The molecule has 2 aromatic rings. The van der Waals surface area contributed by atoms with Crippen molar-refractivity contribution in [2.24, 2.45) is 0 Å². The fourth-order valence-electron chi connectivity index (χ4n) is 1.56. The van der Waals surface area contributed by atoms with E-state index >= 15 is 0 Å². The summed E-state index contributed by atoms with van der Waals surface area (Å²) in [6.45, 7) is -0.458. The highest BCUT2D eigenvalue weighted by Crippen LogP contribution is 2.32. The average molecular weight is 251 g/mol. The predicted octanol–water partition coefficient (Wildman–Crippen LogP) is 0.202. The van der Waals surface area contributed by atoms with E-state index in [0.717, 1.165) is 0 Å². The van der Waals surface area contributed by atoms with Crippen molar-refractivity contribution in [1.29, 1.82) is 0 Å². The molecule has 1 aromatic heterocycles. The summed E-state index contributed by atoms with van der Waals surface area (Å²) in [7, 11) is 0. The Labute approximate surface area is 100 Å². The topological polar surface area (TPSA) is 118 Å². The Balaban J connectivity index is 2.75. The molecule has 94 valence electrons. The normalized spacial score (nSPS) is 10.5. The van der Waals surface area contributed by atoms with Crippen LogP contribution in [0, 0.1) is 10.1 Å². The highest BCUT2D eigenvalue weighted by Gasteiger charge is 2.21. The number of benzene rings is 1. The van der Waals surface area contributed by atoms with Gasteiger partial charge in [0, 0.05) is 6.07 Å². The summed E-state index contributed by atoms with van der Waals surface area (Å²) in [5.74, 6) is -0.180. The van der Waals surface area contributed by atoms with Crippen molar-refractivity contribution in [2.75, 3.05) is 13.2 Å². The maximum Gasteiger partial charge on any atom is 0.311 e. The van der Waals surface area contributed by atoms with Crippen LogP contribution in [0.3, 0.4) is 0 Å². The molecular weight excluding hydrogens is 242 g/mol. The second kappa shape index (κ2) is 4.80. The number of ether oxygens (including phenoxy) is 1. The minimum atomic E-state index is -0.654. The number of aliphatic hydroxyl groups is 1. The summed E-state index contributed by atoms with van der Waals surface area (Å²) >= 11 is 0. The summed E-state index contributed by atoms with van der Waals surface area (Å²) in [5.41, 5.74) is -0.580. The van der Waals surface area contributed by atoms with E-state index in [4.69, 9.17) is 9.84 Å². The zero-order valence-electron chi connectivity index (χ0n) is 9.12. The van der Waals surface area contributed by atoms with Crippen LogP contribution in [-0.2, 0) is 0 Å². The summed E-state index contributed by atoms with van der Waals surface area (Å²) in [6, 6.07) is 2.58. The van der Waals surface area contributed by atoms with Crippen LogP contribution in [-0.4, -0.2) is 33.2 Å². The maximum absolute atomic E-state index is 11.7. The molecule has 1 heterocycles. The van der Waals surface area contributed by atoms with Crippen LogP contribution in [0.25, 0.3) is 10.9 Å². The van der Waals surface area contributed by atoms with Gasteiger partial charge in [-0.15, -0.1) is 0 Å². The zero-order valence-corrected chi connectivity index (χ0v) is 9.12. The van der Waals surface area contributed by atoms with Gasteiger partial charge >= 0.3 is 5.69 Å². The van der Waals surface area contributed by atoms with Gasteiger partial charge in [0.1, 0.15) is 12.0 Å². The second-order valence-corrected chi connectivity index (χ2v) is 3.37. The van der Waals surface area contributed by atoms with Gasteiger partial charge in [-0.3, -0.25) is 14.9 Å². The number of aromatic nitrogens is 2. The molecule has 0 aliphatic heterocycles. The predicted molar refractivity (Wildman–Crippen MR) is 61.6 cm³/mol. The molecule has 0 unspecified atom stereocenters. The summed E-state index contributed by atoms with van der Waals surface area (Å²) < 4.78 is 5.09. The van der Waals surface area contributed by atoms with E-state index in [9.17, 15) is 14.9 Å². The number of nitro benzene ring substituents is 1. The third-order valence-electron chi connectivity index (χ3n) is 2.28. The van der Waals surface area contributed by atoms with Gasteiger partial charge in [-0.05, 0) is 6.07 Å². The van der Waals surface area contributed by atoms with Crippen molar-refractivity contribution in [3.8, 4) is 5.75 Å². The number of nitro groups is 1. The summed E-state index contributed by atoms with van der Waals surface area (Å²) in [4.78, 5) is 28.1. The molecule has 2 rings (SSSR count). The first-order chi connectivity index (χ1) is 8.65. The molecule has 8 nitrogen and oxygen atoms in total. The highest BCUT2D eigenvalue weighted by atomic mass is 16.6. The molecule has 0 aliphatic rings. The Morgan fingerprint density at radius 3 is 2.94 bits per heavy atom. The fraction of sp³-hybridized carbons (Fsp3) is 0.200. The molecule has 0 amide bonds. The van der Waals surface area contributed by atoms with Crippen LogP contribution >= 0.6 is 0 Å². The van der Waals surface area contributed by atoms with Crippen LogP contribution in [0.15, 0.2) is 23.3 Å². The van der Waals surface area contributed by atoms with Crippen molar-refractivity contribution >= 4 is 16.6 Å². The molecule has 1 aromatic carbocycles. The van der Waals surface area contributed by atoms with Gasteiger partial charge in [-0.25, -0.2) is 4.98 Å². The highest BCUT2D eigenvalue weighted by molar-refractivity contribution is 5.88. The van der Waals surface area contributed by atoms with Crippen LogP contribution in [0.5, 0.6) is 5.75 Å². The standard InChI is InChI=1S/C10H9N3O5/c14-3-4-18-9-7(13(16)17)2-1-6-8(9)10(15)12-5-11-6/h1-2,5,14H,3-4H2,(H,11,12,15). The van der Waals surface area contributed by atoms with Gasteiger partial charge in [0.15, 0.2) is 0 Å². The molecular formula is C10H9N3O5. The Hall–Kier alpha value is -2.48. The van der Waals surface area contributed by atoms with Gasteiger partial charge in [-0.1, -0.05) is 0 Å². The first-order valence-corrected chi connectivity index (χ1v) is 5.03. The van der Waals surface area contributed by atoms with Crippen LogP contribution in [0.2, 0.25) is 0 Å². The third-order valence-corrected chi connectivity index (χ3v) is 2.28. The second-order valence-electron chi connectivity index (χ2n) is 3.37. The van der Waals surface area contributed by atoms with E-state index in [1.165, 1.54) is 18.5 Å². The number of hydrogen-bond acceptors (Lipinski definition) is 6. The van der Waals surface area contributed by atoms with Gasteiger partial charge in [-0.2, -0.15) is 0 Å². The zero-order chi connectivity index (χ0) is 13.1. The Morgan fingerprint density at radius 2 is 2.28 bits per heavy atom. The molecule has 8 heteroatoms. The lowest BCUT2D eigenvalue weighted by atomic mass is 10.2. The monoisotopic (exact) mass is 251 g/mol. The first kappa shape index (κ1) is 12.0.